The number of aromatic nitrogens is 2. The maximum atomic E-state index is 13.8. The molecule has 1 heterocycles. The van der Waals surface area contributed by atoms with Crippen molar-refractivity contribution >= 4 is 5.91 Å². The molecule has 7 heteroatoms. The van der Waals surface area contributed by atoms with Crippen molar-refractivity contribution < 1.29 is 18.3 Å². The molecule has 27 heavy (non-hydrogen) atoms. The van der Waals surface area contributed by atoms with Gasteiger partial charge in [0, 0.05) is 36.6 Å². The second-order valence-electron chi connectivity index (χ2n) is 6.13. The molecule has 3 rings (SSSR count). The number of hydrogen-bond donors (Lipinski definition) is 1. The van der Waals surface area contributed by atoms with Gasteiger partial charge in [0.1, 0.15) is 29.8 Å². The number of nitrogens with zero attached hydrogens (tertiary/aromatic N) is 2. The summed E-state index contributed by atoms with van der Waals surface area (Å²) in [5.74, 6) is -0.322. The number of halogens is 2. The number of carbonyl (C=O) groups is 1. The Morgan fingerprint density at radius 3 is 2.59 bits per heavy atom. The zero-order valence-electron chi connectivity index (χ0n) is 14.9. The fourth-order valence-corrected chi connectivity index (χ4v) is 2.60. The largest absolute Gasteiger partial charge is 0.486 e. The van der Waals surface area contributed by atoms with Crippen LogP contribution in [0.25, 0.3) is 0 Å². The van der Waals surface area contributed by atoms with Crippen LogP contribution in [0.2, 0.25) is 0 Å². The van der Waals surface area contributed by atoms with E-state index in [2.05, 4.69) is 10.3 Å². The summed E-state index contributed by atoms with van der Waals surface area (Å²) in [5.41, 5.74) is 0.633. The molecule has 1 aromatic heterocycles. The lowest BCUT2D eigenvalue weighted by Crippen LogP contribution is -2.27. The highest BCUT2D eigenvalue weighted by atomic mass is 19.1. The number of carbonyl (C=O) groups excluding carboxylic acids is 1. The van der Waals surface area contributed by atoms with Crippen molar-refractivity contribution in [1.82, 2.24) is 14.9 Å². The van der Waals surface area contributed by atoms with E-state index in [1.807, 2.05) is 17.8 Å². The Bertz CT molecular complexity index is 939. The second kappa shape index (κ2) is 7.99. The molecule has 5 nitrogen and oxygen atoms in total. The maximum Gasteiger partial charge on any atom is 0.251 e. The van der Waals surface area contributed by atoms with Crippen molar-refractivity contribution in [2.75, 3.05) is 0 Å². The zero-order chi connectivity index (χ0) is 19.4. The Labute approximate surface area is 155 Å². The molecule has 1 amide bonds. The van der Waals surface area contributed by atoms with Gasteiger partial charge in [0.25, 0.3) is 5.91 Å². The standard InChI is InChI=1S/C20H19F2N3O2/c1-13(17-8-5-15(21)11-18(17)22)24-20(26)14-3-6-16(7-4-14)27-12-19-23-9-10-25(19)2/h3-11,13H,12H2,1-2H3,(H,24,26). The number of benzene rings is 2. The molecule has 0 aliphatic heterocycles. The molecule has 1 N–H and O–H groups in total. The number of imidazole rings is 1. The third-order valence-electron chi connectivity index (χ3n) is 4.18. The van der Waals surface area contributed by atoms with Gasteiger partial charge >= 0.3 is 0 Å². The van der Waals surface area contributed by atoms with Crippen LogP contribution in [0.3, 0.4) is 0 Å². The molecule has 0 saturated carbocycles. The molecule has 2 aromatic carbocycles. The third-order valence-corrected chi connectivity index (χ3v) is 4.18. The minimum Gasteiger partial charge on any atom is -0.486 e. The number of aryl methyl sites for hydroxylation is 1. The number of ether oxygens (including phenoxy) is 1. The van der Waals surface area contributed by atoms with Crippen LogP contribution in [0.4, 0.5) is 8.78 Å². The molecule has 0 radical (unpaired) electrons. The third kappa shape index (κ3) is 4.49. The van der Waals surface area contributed by atoms with Gasteiger partial charge in [-0.2, -0.15) is 0 Å². The van der Waals surface area contributed by atoms with Crippen LogP contribution >= 0.6 is 0 Å². The second-order valence-corrected chi connectivity index (χ2v) is 6.13. The molecule has 0 bridgehead atoms. The lowest BCUT2D eigenvalue weighted by Gasteiger charge is -2.15. The Morgan fingerprint density at radius 2 is 1.96 bits per heavy atom. The van der Waals surface area contributed by atoms with Crippen molar-refractivity contribution in [1.29, 1.82) is 0 Å². The Kier molecular flexibility index (Phi) is 5.49. The zero-order valence-corrected chi connectivity index (χ0v) is 14.9. The van der Waals surface area contributed by atoms with Gasteiger partial charge in [0.2, 0.25) is 0 Å². The minimum absolute atomic E-state index is 0.222. The molecular weight excluding hydrogens is 352 g/mol. The highest BCUT2D eigenvalue weighted by Gasteiger charge is 2.15. The van der Waals surface area contributed by atoms with Crippen LogP contribution in [0.15, 0.2) is 54.9 Å². The molecule has 0 saturated heterocycles. The van der Waals surface area contributed by atoms with Crippen LogP contribution in [0, 0.1) is 11.6 Å². The summed E-state index contributed by atoms with van der Waals surface area (Å²) in [5, 5.41) is 2.70. The molecule has 3 aromatic rings. The van der Waals surface area contributed by atoms with E-state index in [1.54, 1.807) is 37.4 Å². The van der Waals surface area contributed by atoms with E-state index in [-0.39, 0.29) is 11.5 Å². The van der Waals surface area contributed by atoms with Gasteiger partial charge in [-0.1, -0.05) is 6.07 Å². The van der Waals surface area contributed by atoms with E-state index in [0.29, 0.717) is 17.9 Å². The van der Waals surface area contributed by atoms with Crippen LogP contribution in [0.1, 0.15) is 34.7 Å². The van der Waals surface area contributed by atoms with Crippen molar-refractivity contribution in [2.45, 2.75) is 19.6 Å². The summed E-state index contributed by atoms with van der Waals surface area (Å²) in [4.78, 5) is 16.5. The number of rotatable bonds is 6. The summed E-state index contributed by atoms with van der Waals surface area (Å²) in [6, 6.07) is 9.29. The van der Waals surface area contributed by atoms with E-state index in [0.717, 1.165) is 18.0 Å². The van der Waals surface area contributed by atoms with Gasteiger partial charge in [-0.15, -0.1) is 0 Å². The van der Waals surface area contributed by atoms with Crippen molar-refractivity contribution in [3.05, 3.63) is 83.4 Å². The van der Waals surface area contributed by atoms with Gasteiger partial charge in [-0.05, 0) is 37.3 Å². The summed E-state index contributed by atoms with van der Waals surface area (Å²) < 4.78 is 34.3. The number of amides is 1. The first kappa shape index (κ1) is 18.6. The van der Waals surface area contributed by atoms with Crippen molar-refractivity contribution in [2.24, 2.45) is 7.05 Å². The summed E-state index contributed by atoms with van der Waals surface area (Å²) >= 11 is 0. The smallest absolute Gasteiger partial charge is 0.251 e. The van der Waals surface area contributed by atoms with E-state index in [9.17, 15) is 13.6 Å². The fraction of sp³-hybridized carbons (Fsp3) is 0.200. The molecule has 0 fully saturated rings. The lowest BCUT2D eigenvalue weighted by molar-refractivity contribution is 0.0939. The first-order valence-electron chi connectivity index (χ1n) is 8.39. The quantitative estimate of drug-likeness (QED) is 0.718. The summed E-state index contributed by atoms with van der Waals surface area (Å²) in [6.07, 6.45) is 3.52. The average molecular weight is 371 g/mol. The minimum atomic E-state index is -0.694. The van der Waals surface area contributed by atoms with Gasteiger partial charge in [0.05, 0.1) is 6.04 Å². The molecule has 140 valence electrons. The van der Waals surface area contributed by atoms with Gasteiger partial charge in [0.15, 0.2) is 0 Å². The molecule has 1 unspecified atom stereocenters. The number of hydrogen-bond acceptors (Lipinski definition) is 3. The summed E-state index contributed by atoms with van der Waals surface area (Å²) in [6.45, 7) is 1.95. The summed E-state index contributed by atoms with van der Waals surface area (Å²) in [7, 11) is 1.88. The topological polar surface area (TPSA) is 56.1 Å². The first-order valence-corrected chi connectivity index (χ1v) is 8.39. The molecule has 0 aliphatic rings. The molecule has 1 atom stereocenters. The van der Waals surface area contributed by atoms with Crippen molar-refractivity contribution in [3.8, 4) is 5.75 Å². The van der Waals surface area contributed by atoms with E-state index in [1.165, 1.54) is 6.07 Å². The monoisotopic (exact) mass is 371 g/mol. The highest BCUT2D eigenvalue weighted by Crippen LogP contribution is 2.19. The first-order chi connectivity index (χ1) is 12.9. The van der Waals surface area contributed by atoms with E-state index < -0.39 is 17.7 Å². The Morgan fingerprint density at radius 1 is 1.22 bits per heavy atom. The number of nitrogens with one attached hydrogen (secondary N) is 1. The van der Waals surface area contributed by atoms with Crippen LogP contribution < -0.4 is 10.1 Å². The maximum absolute atomic E-state index is 13.8. The normalized spacial score (nSPS) is 11.9. The van der Waals surface area contributed by atoms with Crippen molar-refractivity contribution in [3.63, 3.8) is 0 Å². The Hall–Kier alpha value is -3.22. The van der Waals surface area contributed by atoms with Crippen LogP contribution in [0.5, 0.6) is 5.75 Å². The SMILES string of the molecule is CC(NC(=O)c1ccc(OCc2nccn2C)cc1)c1ccc(F)cc1F. The van der Waals surface area contributed by atoms with Gasteiger partial charge in [-0.3, -0.25) is 4.79 Å². The fourth-order valence-electron chi connectivity index (χ4n) is 2.60. The molecule has 0 spiro atoms. The highest BCUT2D eigenvalue weighted by molar-refractivity contribution is 5.94. The Balaban J connectivity index is 1.60. The van der Waals surface area contributed by atoms with E-state index in [4.69, 9.17) is 4.74 Å². The average Bonchev–Trinajstić information content (AvgIpc) is 3.05. The molecular formula is C20H19F2N3O2. The predicted molar refractivity (Wildman–Crippen MR) is 96.2 cm³/mol. The van der Waals surface area contributed by atoms with Gasteiger partial charge in [-0.25, -0.2) is 13.8 Å². The molecule has 0 aliphatic carbocycles. The predicted octanol–water partition coefficient (Wildman–Crippen LogP) is 3.77. The van der Waals surface area contributed by atoms with Gasteiger partial charge < -0.3 is 14.6 Å². The lowest BCUT2D eigenvalue weighted by atomic mass is 10.1. The van der Waals surface area contributed by atoms with Crippen LogP contribution in [-0.2, 0) is 13.7 Å². The van der Waals surface area contributed by atoms with Crippen LogP contribution in [-0.4, -0.2) is 15.5 Å². The van der Waals surface area contributed by atoms with E-state index >= 15 is 0 Å².